The van der Waals surface area contributed by atoms with Crippen LogP contribution in [0.1, 0.15) is 6.92 Å². The second kappa shape index (κ2) is 7.22. The van der Waals surface area contributed by atoms with E-state index in [1.54, 1.807) is 18.6 Å². The van der Waals surface area contributed by atoms with Crippen LogP contribution in [-0.2, 0) is 0 Å². The summed E-state index contributed by atoms with van der Waals surface area (Å²) in [4.78, 5) is 12.7. The van der Waals surface area contributed by atoms with E-state index in [1.165, 1.54) is 0 Å². The number of nitrogens with one attached hydrogen (secondary N) is 2. The fraction of sp³-hybridized carbons (Fsp3) is 0.118. The summed E-state index contributed by atoms with van der Waals surface area (Å²) >= 11 is 0. The maximum absolute atomic E-state index is 5.79. The van der Waals surface area contributed by atoms with Crippen LogP contribution in [0.5, 0.6) is 11.6 Å². The molecule has 2 aromatic heterocycles. The fourth-order valence-electron chi connectivity index (χ4n) is 1.99. The van der Waals surface area contributed by atoms with Gasteiger partial charge in [-0.3, -0.25) is 0 Å². The number of aromatic nitrogens is 3. The minimum Gasteiger partial charge on any atom is -0.436 e. The molecule has 23 heavy (non-hydrogen) atoms. The smallest absolute Gasteiger partial charge is 0.262 e. The molecule has 0 fully saturated rings. The molecule has 2 N–H and O–H groups in total. The van der Waals surface area contributed by atoms with Gasteiger partial charge in [-0.25, -0.2) is 15.0 Å². The molecule has 0 radical (unpaired) electrons. The maximum atomic E-state index is 5.79. The van der Waals surface area contributed by atoms with Crippen LogP contribution in [0.25, 0.3) is 0 Å². The van der Waals surface area contributed by atoms with Crippen LogP contribution in [0.2, 0.25) is 0 Å². The van der Waals surface area contributed by atoms with Crippen molar-refractivity contribution in [3.63, 3.8) is 0 Å². The third kappa shape index (κ3) is 3.94. The van der Waals surface area contributed by atoms with Crippen LogP contribution in [0.3, 0.4) is 0 Å². The molecule has 0 spiro atoms. The third-order valence-corrected chi connectivity index (χ3v) is 3.02. The molecule has 0 aliphatic heterocycles. The van der Waals surface area contributed by atoms with E-state index >= 15 is 0 Å². The van der Waals surface area contributed by atoms with E-state index in [0.717, 1.165) is 18.1 Å². The molecule has 0 atom stereocenters. The van der Waals surface area contributed by atoms with Crippen molar-refractivity contribution in [3.05, 3.63) is 61.1 Å². The molecule has 6 nitrogen and oxygen atoms in total. The van der Waals surface area contributed by atoms with Crippen LogP contribution in [0.15, 0.2) is 61.1 Å². The molecule has 6 heteroatoms. The zero-order valence-corrected chi connectivity index (χ0v) is 12.7. The first kappa shape index (κ1) is 14.8. The molecular formula is C17H17N5O. The van der Waals surface area contributed by atoms with Crippen LogP contribution in [0.4, 0.5) is 17.3 Å². The minimum absolute atomic E-state index is 0.458. The van der Waals surface area contributed by atoms with Crippen molar-refractivity contribution < 1.29 is 4.74 Å². The van der Waals surface area contributed by atoms with Gasteiger partial charge in [0.1, 0.15) is 11.6 Å². The molecule has 3 aromatic rings. The Morgan fingerprint density at radius 1 is 0.913 bits per heavy atom. The molecular weight excluding hydrogens is 290 g/mol. The van der Waals surface area contributed by atoms with E-state index in [4.69, 9.17) is 4.74 Å². The molecule has 0 bridgehead atoms. The SMILES string of the molecule is CCNc1nccnc1Oc1ccc(Nc2ccccn2)cc1. The van der Waals surface area contributed by atoms with Crippen molar-refractivity contribution in [2.45, 2.75) is 6.92 Å². The van der Waals surface area contributed by atoms with Crippen molar-refractivity contribution in [1.29, 1.82) is 0 Å². The van der Waals surface area contributed by atoms with E-state index in [2.05, 4.69) is 25.6 Å². The first-order valence-corrected chi connectivity index (χ1v) is 7.36. The molecule has 0 aliphatic carbocycles. The van der Waals surface area contributed by atoms with Gasteiger partial charge in [-0.05, 0) is 43.3 Å². The van der Waals surface area contributed by atoms with Crippen molar-refractivity contribution in [3.8, 4) is 11.6 Å². The topological polar surface area (TPSA) is 72.0 Å². The fourth-order valence-corrected chi connectivity index (χ4v) is 1.99. The van der Waals surface area contributed by atoms with Gasteiger partial charge in [-0.15, -0.1) is 0 Å². The quantitative estimate of drug-likeness (QED) is 0.721. The van der Waals surface area contributed by atoms with Gasteiger partial charge in [-0.2, -0.15) is 0 Å². The van der Waals surface area contributed by atoms with E-state index < -0.39 is 0 Å². The average molecular weight is 307 g/mol. The number of hydrogen-bond donors (Lipinski definition) is 2. The zero-order chi connectivity index (χ0) is 15.9. The third-order valence-electron chi connectivity index (χ3n) is 3.02. The Morgan fingerprint density at radius 3 is 2.48 bits per heavy atom. The van der Waals surface area contributed by atoms with Crippen molar-refractivity contribution in [2.75, 3.05) is 17.2 Å². The molecule has 0 unspecified atom stereocenters. The summed E-state index contributed by atoms with van der Waals surface area (Å²) in [6, 6.07) is 13.3. The number of benzene rings is 1. The molecule has 0 saturated heterocycles. The summed E-state index contributed by atoms with van der Waals surface area (Å²) in [6.07, 6.45) is 4.98. The predicted molar refractivity (Wildman–Crippen MR) is 90.2 cm³/mol. The van der Waals surface area contributed by atoms with Crippen molar-refractivity contribution >= 4 is 17.3 Å². The molecule has 1 aromatic carbocycles. The molecule has 0 aliphatic rings. The largest absolute Gasteiger partial charge is 0.436 e. The Morgan fingerprint density at radius 2 is 1.74 bits per heavy atom. The maximum Gasteiger partial charge on any atom is 0.262 e. The Balaban J connectivity index is 1.70. The van der Waals surface area contributed by atoms with Gasteiger partial charge in [0.05, 0.1) is 0 Å². The Hall–Kier alpha value is -3.15. The Kier molecular flexibility index (Phi) is 4.63. The molecule has 3 rings (SSSR count). The Labute approximate surface area is 134 Å². The zero-order valence-electron chi connectivity index (χ0n) is 12.7. The summed E-state index contributed by atoms with van der Waals surface area (Å²) in [5.41, 5.74) is 0.933. The highest BCUT2D eigenvalue weighted by Gasteiger charge is 2.06. The van der Waals surface area contributed by atoms with Crippen LogP contribution < -0.4 is 15.4 Å². The first-order chi connectivity index (χ1) is 11.3. The first-order valence-electron chi connectivity index (χ1n) is 7.36. The predicted octanol–water partition coefficient (Wildman–Crippen LogP) is 3.84. The van der Waals surface area contributed by atoms with Crippen LogP contribution in [0, 0.1) is 0 Å². The monoisotopic (exact) mass is 307 g/mol. The van der Waals surface area contributed by atoms with Gasteiger partial charge in [0.2, 0.25) is 0 Å². The van der Waals surface area contributed by atoms with E-state index in [1.807, 2.05) is 49.4 Å². The second-order valence-electron chi connectivity index (χ2n) is 4.71. The lowest BCUT2D eigenvalue weighted by atomic mass is 10.3. The summed E-state index contributed by atoms with van der Waals surface area (Å²) in [5.74, 6) is 2.58. The summed E-state index contributed by atoms with van der Waals surface area (Å²) in [6.45, 7) is 2.75. The van der Waals surface area contributed by atoms with Gasteiger partial charge in [-0.1, -0.05) is 6.07 Å². The molecule has 116 valence electrons. The standard InChI is InChI=1S/C17H17N5O/c1-2-18-16-17(21-12-11-20-16)23-14-8-6-13(7-9-14)22-15-5-3-4-10-19-15/h3-12H,2H2,1H3,(H,18,20)(H,19,22). The van der Waals surface area contributed by atoms with Crippen LogP contribution >= 0.6 is 0 Å². The van der Waals surface area contributed by atoms with E-state index in [-0.39, 0.29) is 0 Å². The number of anilines is 3. The lowest BCUT2D eigenvalue weighted by Gasteiger charge is -2.10. The highest BCUT2D eigenvalue weighted by molar-refractivity contribution is 5.57. The number of pyridine rings is 1. The highest BCUT2D eigenvalue weighted by atomic mass is 16.5. The number of ether oxygens (including phenoxy) is 1. The second-order valence-corrected chi connectivity index (χ2v) is 4.71. The van der Waals surface area contributed by atoms with Gasteiger partial charge in [0.25, 0.3) is 5.88 Å². The van der Waals surface area contributed by atoms with Gasteiger partial charge in [0.15, 0.2) is 5.82 Å². The van der Waals surface area contributed by atoms with E-state index in [0.29, 0.717) is 17.4 Å². The Bertz CT molecular complexity index is 746. The number of nitrogens with zero attached hydrogens (tertiary/aromatic N) is 3. The summed E-state index contributed by atoms with van der Waals surface area (Å²) in [7, 11) is 0. The lowest BCUT2D eigenvalue weighted by Crippen LogP contribution is -2.02. The minimum atomic E-state index is 0.458. The number of hydrogen-bond acceptors (Lipinski definition) is 6. The number of rotatable bonds is 6. The lowest BCUT2D eigenvalue weighted by molar-refractivity contribution is 0.462. The molecule has 0 saturated carbocycles. The van der Waals surface area contributed by atoms with Gasteiger partial charge >= 0.3 is 0 Å². The van der Waals surface area contributed by atoms with Crippen LogP contribution in [-0.4, -0.2) is 21.5 Å². The van der Waals surface area contributed by atoms with Crippen molar-refractivity contribution in [2.24, 2.45) is 0 Å². The molecule has 0 amide bonds. The molecule has 2 heterocycles. The van der Waals surface area contributed by atoms with Gasteiger partial charge < -0.3 is 15.4 Å². The summed E-state index contributed by atoms with van der Waals surface area (Å²) < 4.78 is 5.79. The van der Waals surface area contributed by atoms with Crippen molar-refractivity contribution in [1.82, 2.24) is 15.0 Å². The highest BCUT2D eigenvalue weighted by Crippen LogP contribution is 2.26. The average Bonchev–Trinajstić information content (AvgIpc) is 2.60. The van der Waals surface area contributed by atoms with E-state index in [9.17, 15) is 0 Å². The normalized spacial score (nSPS) is 10.1. The van der Waals surface area contributed by atoms with Gasteiger partial charge in [0, 0.05) is 30.8 Å². The summed E-state index contributed by atoms with van der Waals surface area (Å²) in [5, 5.41) is 6.34.